The number of nitrogens with zero attached hydrogens (tertiary/aromatic N) is 1. The van der Waals surface area contributed by atoms with E-state index in [1.165, 1.54) is 0 Å². The second-order valence-electron chi connectivity index (χ2n) is 5.79. The van der Waals surface area contributed by atoms with Crippen LogP contribution in [-0.4, -0.2) is 16.6 Å². The Morgan fingerprint density at radius 3 is 2.61 bits per heavy atom. The molecule has 0 aliphatic carbocycles. The highest BCUT2D eigenvalue weighted by Gasteiger charge is 2.04. The van der Waals surface area contributed by atoms with Crippen LogP contribution in [0.4, 0.5) is 11.6 Å². The maximum absolute atomic E-state index is 12.0. The van der Waals surface area contributed by atoms with Crippen LogP contribution in [0.5, 0.6) is 5.75 Å². The van der Waals surface area contributed by atoms with Crippen molar-refractivity contribution in [1.82, 2.24) is 9.97 Å². The number of fused-ring (bicyclic) bond motifs is 1. The normalized spacial score (nSPS) is 10.9. The van der Waals surface area contributed by atoms with Crippen molar-refractivity contribution in [3.8, 4) is 5.75 Å². The van der Waals surface area contributed by atoms with Crippen molar-refractivity contribution < 1.29 is 4.74 Å². The molecule has 0 saturated heterocycles. The minimum absolute atomic E-state index is 0.157. The van der Waals surface area contributed by atoms with E-state index in [0.29, 0.717) is 29.4 Å². The van der Waals surface area contributed by atoms with Gasteiger partial charge in [-0.05, 0) is 42.3 Å². The van der Waals surface area contributed by atoms with E-state index < -0.39 is 0 Å². The van der Waals surface area contributed by atoms with Crippen LogP contribution in [0.1, 0.15) is 13.8 Å². The Labute approximate surface area is 134 Å². The number of para-hydroxylation sites is 1. The number of aromatic amines is 1. The van der Waals surface area contributed by atoms with Gasteiger partial charge in [-0.1, -0.05) is 26.0 Å². The summed E-state index contributed by atoms with van der Waals surface area (Å²) in [6.45, 7) is 4.90. The van der Waals surface area contributed by atoms with Gasteiger partial charge in [0.15, 0.2) is 0 Å². The van der Waals surface area contributed by atoms with Gasteiger partial charge in [0.25, 0.3) is 5.56 Å². The molecule has 0 spiro atoms. The lowest BCUT2D eigenvalue weighted by atomic mass is 10.2. The quantitative estimate of drug-likeness (QED) is 0.754. The number of rotatable bonds is 5. The molecule has 2 aromatic carbocycles. The largest absolute Gasteiger partial charge is 0.493 e. The standard InChI is InChI=1S/C18H19N3O2/c1-12(2)11-23-14-9-7-13(8-10-14)19-18-20-16-6-4-3-5-15(16)17(22)21-18/h3-10,12H,11H2,1-2H3,(H2,19,20,21,22). The summed E-state index contributed by atoms with van der Waals surface area (Å²) in [5, 5.41) is 3.69. The summed E-state index contributed by atoms with van der Waals surface area (Å²) >= 11 is 0. The van der Waals surface area contributed by atoms with Gasteiger partial charge in [-0.2, -0.15) is 0 Å². The predicted molar refractivity (Wildman–Crippen MR) is 92.4 cm³/mol. The van der Waals surface area contributed by atoms with Crippen LogP contribution in [-0.2, 0) is 0 Å². The molecule has 5 nitrogen and oxygen atoms in total. The van der Waals surface area contributed by atoms with Gasteiger partial charge in [0.1, 0.15) is 5.75 Å². The van der Waals surface area contributed by atoms with Crippen LogP contribution < -0.4 is 15.6 Å². The van der Waals surface area contributed by atoms with E-state index in [4.69, 9.17) is 4.74 Å². The number of hydrogen-bond donors (Lipinski definition) is 2. The van der Waals surface area contributed by atoms with E-state index in [0.717, 1.165) is 11.4 Å². The summed E-state index contributed by atoms with van der Waals surface area (Å²) in [6.07, 6.45) is 0. The molecule has 0 atom stereocenters. The van der Waals surface area contributed by atoms with Gasteiger partial charge in [-0.3, -0.25) is 9.78 Å². The highest BCUT2D eigenvalue weighted by molar-refractivity contribution is 5.78. The van der Waals surface area contributed by atoms with E-state index in [2.05, 4.69) is 29.1 Å². The number of H-pyrrole nitrogens is 1. The molecule has 0 radical (unpaired) electrons. The third-order valence-corrected chi connectivity index (χ3v) is 3.31. The van der Waals surface area contributed by atoms with Crippen molar-refractivity contribution in [3.05, 3.63) is 58.9 Å². The lowest BCUT2D eigenvalue weighted by molar-refractivity contribution is 0.271. The molecule has 1 heterocycles. The van der Waals surface area contributed by atoms with Gasteiger partial charge in [-0.25, -0.2) is 4.98 Å². The lowest BCUT2D eigenvalue weighted by Crippen LogP contribution is -2.11. The SMILES string of the molecule is CC(C)COc1ccc(Nc2nc3ccccc3c(=O)[nH]2)cc1. The molecule has 0 fully saturated rings. The monoisotopic (exact) mass is 309 g/mol. The molecule has 2 N–H and O–H groups in total. The molecule has 0 bridgehead atoms. The average Bonchev–Trinajstić information content (AvgIpc) is 2.54. The predicted octanol–water partition coefficient (Wildman–Crippen LogP) is 3.70. The summed E-state index contributed by atoms with van der Waals surface area (Å²) in [5.74, 6) is 1.73. The summed E-state index contributed by atoms with van der Waals surface area (Å²) < 4.78 is 5.65. The molecule has 0 aliphatic rings. The molecule has 0 unspecified atom stereocenters. The first-order valence-corrected chi connectivity index (χ1v) is 7.61. The third kappa shape index (κ3) is 3.69. The van der Waals surface area contributed by atoms with E-state index in [9.17, 15) is 4.79 Å². The number of ether oxygens (including phenoxy) is 1. The zero-order chi connectivity index (χ0) is 16.2. The Morgan fingerprint density at radius 1 is 1.13 bits per heavy atom. The second kappa shape index (κ2) is 6.52. The summed E-state index contributed by atoms with van der Waals surface area (Å²) in [5.41, 5.74) is 1.34. The minimum atomic E-state index is -0.157. The zero-order valence-electron chi connectivity index (χ0n) is 13.2. The molecule has 0 saturated carbocycles. The van der Waals surface area contributed by atoms with Gasteiger partial charge in [0.05, 0.1) is 17.5 Å². The maximum atomic E-state index is 12.0. The van der Waals surface area contributed by atoms with Gasteiger partial charge in [-0.15, -0.1) is 0 Å². The molecule has 118 valence electrons. The van der Waals surface area contributed by atoms with E-state index in [1.54, 1.807) is 6.07 Å². The summed E-state index contributed by atoms with van der Waals surface area (Å²) in [7, 11) is 0. The van der Waals surface area contributed by atoms with Crippen LogP contribution in [0.15, 0.2) is 53.3 Å². The summed E-state index contributed by atoms with van der Waals surface area (Å²) in [6, 6.07) is 14.8. The highest BCUT2D eigenvalue weighted by Crippen LogP contribution is 2.19. The number of hydrogen-bond acceptors (Lipinski definition) is 4. The smallest absolute Gasteiger partial charge is 0.260 e. The Kier molecular flexibility index (Phi) is 4.28. The molecule has 0 aliphatic heterocycles. The Balaban J connectivity index is 1.78. The molecule has 23 heavy (non-hydrogen) atoms. The van der Waals surface area contributed by atoms with Crippen molar-refractivity contribution in [2.24, 2.45) is 5.92 Å². The average molecular weight is 309 g/mol. The first-order chi connectivity index (χ1) is 11.1. The zero-order valence-corrected chi connectivity index (χ0v) is 13.2. The summed E-state index contributed by atoms with van der Waals surface area (Å²) in [4.78, 5) is 19.2. The number of aromatic nitrogens is 2. The fourth-order valence-corrected chi connectivity index (χ4v) is 2.18. The van der Waals surface area contributed by atoms with Crippen molar-refractivity contribution in [3.63, 3.8) is 0 Å². The third-order valence-electron chi connectivity index (χ3n) is 3.31. The molecular weight excluding hydrogens is 290 g/mol. The van der Waals surface area contributed by atoms with E-state index in [1.807, 2.05) is 42.5 Å². The Bertz CT molecular complexity index is 854. The molecule has 5 heteroatoms. The number of anilines is 2. The lowest BCUT2D eigenvalue weighted by Gasteiger charge is -2.10. The first-order valence-electron chi connectivity index (χ1n) is 7.61. The fraction of sp³-hybridized carbons (Fsp3) is 0.222. The second-order valence-corrected chi connectivity index (χ2v) is 5.79. The molecule has 3 aromatic rings. The van der Waals surface area contributed by atoms with Crippen LogP contribution in [0.2, 0.25) is 0 Å². The van der Waals surface area contributed by atoms with Crippen LogP contribution in [0.3, 0.4) is 0 Å². The van der Waals surface area contributed by atoms with Crippen LogP contribution in [0, 0.1) is 5.92 Å². The van der Waals surface area contributed by atoms with Crippen LogP contribution in [0.25, 0.3) is 10.9 Å². The van der Waals surface area contributed by atoms with Crippen molar-refractivity contribution in [1.29, 1.82) is 0 Å². The van der Waals surface area contributed by atoms with Gasteiger partial charge in [0, 0.05) is 5.69 Å². The van der Waals surface area contributed by atoms with Crippen molar-refractivity contribution in [2.45, 2.75) is 13.8 Å². The van der Waals surface area contributed by atoms with E-state index >= 15 is 0 Å². The molecule has 3 rings (SSSR count). The van der Waals surface area contributed by atoms with Crippen molar-refractivity contribution in [2.75, 3.05) is 11.9 Å². The van der Waals surface area contributed by atoms with Gasteiger partial charge in [0.2, 0.25) is 5.95 Å². The Hall–Kier alpha value is -2.82. The fourth-order valence-electron chi connectivity index (χ4n) is 2.18. The molecule has 1 aromatic heterocycles. The number of nitrogens with one attached hydrogen (secondary N) is 2. The highest BCUT2D eigenvalue weighted by atomic mass is 16.5. The Morgan fingerprint density at radius 2 is 1.87 bits per heavy atom. The number of benzene rings is 2. The first kappa shape index (κ1) is 15.1. The molecular formula is C18H19N3O2. The van der Waals surface area contributed by atoms with Crippen LogP contribution >= 0.6 is 0 Å². The van der Waals surface area contributed by atoms with Crippen molar-refractivity contribution >= 4 is 22.5 Å². The maximum Gasteiger partial charge on any atom is 0.260 e. The van der Waals surface area contributed by atoms with Gasteiger partial charge < -0.3 is 10.1 Å². The van der Waals surface area contributed by atoms with E-state index in [-0.39, 0.29) is 5.56 Å². The van der Waals surface area contributed by atoms with Gasteiger partial charge >= 0.3 is 0 Å². The molecule has 0 amide bonds. The topological polar surface area (TPSA) is 67.0 Å². The minimum Gasteiger partial charge on any atom is -0.493 e.